The SMILES string of the molecule is CCOc1ccccc1N(CC(=O)N(Cc1cccc(C)c1)[C@H](CC)C(=O)NCC(C)C)S(=O)(=O)c1ccc(Cl)cc1. The summed E-state index contributed by atoms with van der Waals surface area (Å²) >= 11 is 6.04. The Morgan fingerprint density at radius 2 is 1.67 bits per heavy atom. The summed E-state index contributed by atoms with van der Waals surface area (Å²) < 4.78 is 35.0. The van der Waals surface area contributed by atoms with Crippen molar-refractivity contribution in [3.8, 4) is 5.75 Å². The number of aryl methyl sites for hydroxylation is 1. The first-order valence-electron chi connectivity index (χ1n) is 14.1. The number of rotatable bonds is 14. The second-order valence-corrected chi connectivity index (χ2v) is 12.7. The average Bonchev–Trinajstić information content (AvgIpc) is 2.95. The maximum atomic E-state index is 14.2. The van der Waals surface area contributed by atoms with Gasteiger partial charge in [0.25, 0.3) is 10.0 Å². The van der Waals surface area contributed by atoms with E-state index in [1.54, 1.807) is 31.2 Å². The fraction of sp³-hybridized carbons (Fsp3) is 0.375. The molecule has 0 unspecified atom stereocenters. The molecule has 2 amide bonds. The number of nitrogens with zero attached hydrogens (tertiary/aromatic N) is 2. The molecular weight excluding hydrogens is 574 g/mol. The monoisotopic (exact) mass is 613 g/mol. The molecule has 0 aliphatic carbocycles. The fourth-order valence-electron chi connectivity index (χ4n) is 4.54. The van der Waals surface area contributed by atoms with Crippen LogP contribution in [0.25, 0.3) is 0 Å². The highest BCUT2D eigenvalue weighted by molar-refractivity contribution is 7.92. The van der Waals surface area contributed by atoms with E-state index in [0.29, 0.717) is 30.3 Å². The number of benzene rings is 3. The summed E-state index contributed by atoms with van der Waals surface area (Å²) in [6, 6.07) is 19.3. The first kappa shape index (κ1) is 32.9. The van der Waals surface area contributed by atoms with Crippen LogP contribution in [0, 0.1) is 12.8 Å². The largest absolute Gasteiger partial charge is 0.492 e. The molecule has 226 valence electrons. The van der Waals surface area contributed by atoms with Crippen LogP contribution in [0.4, 0.5) is 5.69 Å². The quantitative estimate of drug-likeness (QED) is 0.247. The minimum Gasteiger partial charge on any atom is -0.492 e. The number of hydrogen-bond donors (Lipinski definition) is 1. The predicted octanol–water partition coefficient (Wildman–Crippen LogP) is 5.82. The van der Waals surface area contributed by atoms with Crippen molar-refractivity contribution >= 4 is 39.1 Å². The van der Waals surface area contributed by atoms with E-state index in [0.717, 1.165) is 15.4 Å². The maximum absolute atomic E-state index is 14.2. The van der Waals surface area contributed by atoms with Crippen LogP contribution in [0.5, 0.6) is 5.75 Å². The van der Waals surface area contributed by atoms with E-state index in [9.17, 15) is 18.0 Å². The van der Waals surface area contributed by atoms with Crippen LogP contribution in [0.2, 0.25) is 5.02 Å². The zero-order chi connectivity index (χ0) is 30.9. The molecule has 0 aliphatic rings. The Kier molecular flexibility index (Phi) is 11.8. The van der Waals surface area contributed by atoms with Crippen LogP contribution >= 0.6 is 11.6 Å². The molecule has 0 saturated carbocycles. The van der Waals surface area contributed by atoms with Gasteiger partial charge >= 0.3 is 0 Å². The van der Waals surface area contributed by atoms with Crippen LogP contribution in [-0.2, 0) is 26.2 Å². The molecule has 0 bridgehead atoms. The van der Waals surface area contributed by atoms with Crippen molar-refractivity contribution < 1.29 is 22.7 Å². The van der Waals surface area contributed by atoms with Crippen LogP contribution in [0.1, 0.15) is 45.2 Å². The number of hydrogen-bond acceptors (Lipinski definition) is 5. The van der Waals surface area contributed by atoms with Gasteiger partial charge in [0.15, 0.2) is 0 Å². The molecule has 0 aliphatic heterocycles. The Balaban J connectivity index is 2.10. The summed E-state index contributed by atoms with van der Waals surface area (Å²) in [7, 11) is -4.25. The lowest BCUT2D eigenvalue weighted by Gasteiger charge is -2.33. The van der Waals surface area contributed by atoms with Gasteiger partial charge in [-0.15, -0.1) is 0 Å². The summed E-state index contributed by atoms with van der Waals surface area (Å²) in [5.74, 6) is -0.263. The van der Waals surface area contributed by atoms with Crippen molar-refractivity contribution in [1.29, 1.82) is 0 Å². The minimum atomic E-state index is -4.25. The van der Waals surface area contributed by atoms with Gasteiger partial charge in [-0.2, -0.15) is 0 Å². The molecule has 0 spiro atoms. The van der Waals surface area contributed by atoms with Crippen LogP contribution in [-0.4, -0.2) is 50.9 Å². The van der Waals surface area contributed by atoms with Crippen molar-refractivity contribution in [2.45, 2.75) is 58.5 Å². The number of ether oxygens (including phenoxy) is 1. The molecule has 1 N–H and O–H groups in total. The minimum absolute atomic E-state index is 0.0297. The van der Waals surface area contributed by atoms with Crippen LogP contribution in [0.3, 0.4) is 0 Å². The molecule has 0 fully saturated rings. The number of amides is 2. The smallest absolute Gasteiger partial charge is 0.264 e. The number of carbonyl (C=O) groups excluding carboxylic acids is 2. The van der Waals surface area contributed by atoms with Gasteiger partial charge in [0.2, 0.25) is 11.8 Å². The zero-order valence-corrected chi connectivity index (χ0v) is 26.4. The van der Waals surface area contributed by atoms with E-state index < -0.39 is 28.5 Å². The molecule has 0 saturated heterocycles. The summed E-state index contributed by atoms with van der Waals surface area (Å²) in [6.45, 7) is 9.92. The highest BCUT2D eigenvalue weighted by Gasteiger charge is 2.34. The number of para-hydroxylation sites is 2. The number of nitrogens with one attached hydrogen (secondary N) is 1. The summed E-state index contributed by atoms with van der Waals surface area (Å²) in [5.41, 5.74) is 2.06. The van der Waals surface area contributed by atoms with E-state index in [2.05, 4.69) is 5.32 Å². The predicted molar refractivity (Wildman–Crippen MR) is 167 cm³/mol. The molecule has 8 nitrogen and oxygen atoms in total. The summed E-state index contributed by atoms with van der Waals surface area (Å²) in [6.07, 6.45) is 0.348. The van der Waals surface area contributed by atoms with Crippen LogP contribution < -0.4 is 14.4 Å². The lowest BCUT2D eigenvalue weighted by atomic mass is 10.1. The molecule has 3 aromatic carbocycles. The van der Waals surface area contributed by atoms with Crippen molar-refractivity contribution in [2.75, 3.05) is 24.0 Å². The second kappa shape index (κ2) is 15.1. The first-order chi connectivity index (χ1) is 20.0. The molecule has 42 heavy (non-hydrogen) atoms. The number of anilines is 1. The van der Waals surface area contributed by atoms with Gasteiger partial charge in [0.1, 0.15) is 18.3 Å². The highest BCUT2D eigenvalue weighted by Crippen LogP contribution is 2.33. The highest BCUT2D eigenvalue weighted by atomic mass is 35.5. The molecule has 10 heteroatoms. The average molecular weight is 614 g/mol. The van der Waals surface area contributed by atoms with Gasteiger partial charge in [-0.25, -0.2) is 8.42 Å². The molecule has 1 atom stereocenters. The van der Waals surface area contributed by atoms with Gasteiger partial charge in [-0.05, 0) is 68.1 Å². The zero-order valence-electron chi connectivity index (χ0n) is 24.8. The number of carbonyl (C=O) groups is 2. The Bertz CT molecular complexity index is 1460. The van der Waals surface area contributed by atoms with Gasteiger partial charge < -0.3 is 15.0 Å². The van der Waals surface area contributed by atoms with Crippen molar-refractivity contribution in [3.63, 3.8) is 0 Å². The van der Waals surface area contributed by atoms with Gasteiger partial charge in [-0.3, -0.25) is 13.9 Å². The van der Waals surface area contributed by atoms with E-state index in [1.165, 1.54) is 29.2 Å². The molecule has 3 aromatic rings. The van der Waals surface area contributed by atoms with E-state index in [-0.39, 0.29) is 29.0 Å². The molecule has 0 heterocycles. The van der Waals surface area contributed by atoms with Crippen molar-refractivity contribution in [1.82, 2.24) is 10.2 Å². The fourth-order valence-corrected chi connectivity index (χ4v) is 6.09. The first-order valence-corrected chi connectivity index (χ1v) is 15.9. The van der Waals surface area contributed by atoms with Gasteiger partial charge in [0.05, 0.1) is 17.2 Å². The topological polar surface area (TPSA) is 96.0 Å². The van der Waals surface area contributed by atoms with E-state index >= 15 is 0 Å². The molecular formula is C32H40ClN3O5S. The summed E-state index contributed by atoms with van der Waals surface area (Å²) in [5, 5.41) is 3.32. The van der Waals surface area contributed by atoms with Gasteiger partial charge in [-0.1, -0.05) is 74.3 Å². The van der Waals surface area contributed by atoms with E-state index in [1.807, 2.05) is 52.0 Å². The molecule has 0 aromatic heterocycles. The lowest BCUT2D eigenvalue weighted by molar-refractivity contribution is -0.140. The third-order valence-electron chi connectivity index (χ3n) is 6.62. The standard InChI is InChI=1S/C32H40ClN3O5S/c1-6-28(32(38)34-20-23(3)4)35(21-25-12-10-11-24(5)19-25)31(37)22-36(29-13-8-9-14-30(29)41-7-2)42(39,40)27-17-15-26(33)16-18-27/h8-19,23,28H,6-7,20-22H2,1-5H3,(H,34,38)/t28-/m1/s1. The molecule has 0 radical (unpaired) electrons. The third-order valence-corrected chi connectivity index (χ3v) is 8.65. The Hall–Kier alpha value is -3.56. The number of sulfonamides is 1. The van der Waals surface area contributed by atoms with E-state index in [4.69, 9.17) is 16.3 Å². The lowest BCUT2D eigenvalue weighted by Crippen LogP contribution is -2.52. The van der Waals surface area contributed by atoms with Crippen LogP contribution in [0.15, 0.2) is 77.7 Å². The normalized spacial score (nSPS) is 12.1. The third kappa shape index (κ3) is 8.49. The van der Waals surface area contributed by atoms with Gasteiger partial charge in [0, 0.05) is 18.1 Å². The van der Waals surface area contributed by atoms with Crippen molar-refractivity contribution in [2.24, 2.45) is 5.92 Å². The Morgan fingerprint density at radius 1 is 0.976 bits per heavy atom. The Morgan fingerprint density at radius 3 is 2.29 bits per heavy atom. The number of halogens is 1. The Labute approximate surface area is 254 Å². The molecule has 3 rings (SSSR count). The second-order valence-electron chi connectivity index (χ2n) is 10.4. The maximum Gasteiger partial charge on any atom is 0.264 e. The van der Waals surface area contributed by atoms with Crippen molar-refractivity contribution in [3.05, 3.63) is 88.9 Å². The summed E-state index contributed by atoms with van der Waals surface area (Å²) in [4.78, 5) is 29.0.